The molecule has 4 heterocycles. The number of amides is 6. The number of nitrogens with zero attached hydrogens (tertiary/aromatic N) is 4. The van der Waals surface area contributed by atoms with Gasteiger partial charge in [0.15, 0.2) is 0 Å². The highest BCUT2D eigenvalue weighted by atomic mass is 32.1. The number of aliphatic hydroxyl groups excluding tert-OH is 1. The third-order valence-electron chi connectivity index (χ3n) is 13.4. The van der Waals surface area contributed by atoms with Crippen molar-refractivity contribution in [3.8, 4) is 26.6 Å². The molecule has 2 aromatic heterocycles. The zero-order valence-electron chi connectivity index (χ0n) is 45.2. The molecule has 2 aliphatic rings. The number of likely N-dealkylation sites (tertiary alicyclic amines) is 2. The molecule has 6 rings (SSSR count). The molecule has 7 atom stereocenters. The van der Waals surface area contributed by atoms with Crippen LogP contribution in [0.1, 0.15) is 109 Å². The van der Waals surface area contributed by atoms with E-state index in [4.69, 9.17) is 18.9 Å². The Balaban J connectivity index is 1.17. The first-order chi connectivity index (χ1) is 35.4. The Hall–Kier alpha value is -5.84. The van der Waals surface area contributed by atoms with Crippen molar-refractivity contribution < 1.29 is 52.8 Å². The summed E-state index contributed by atoms with van der Waals surface area (Å²) < 4.78 is 23.6. The summed E-state index contributed by atoms with van der Waals surface area (Å²) in [4.78, 5) is 94.7. The van der Waals surface area contributed by atoms with E-state index in [0.717, 1.165) is 43.3 Å². The smallest absolute Gasteiger partial charge is 0.246 e. The van der Waals surface area contributed by atoms with Crippen LogP contribution in [0.5, 0.6) is 5.75 Å². The van der Waals surface area contributed by atoms with Crippen LogP contribution in [0.25, 0.3) is 20.9 Å². The van der Waals surface area contributed by atoms with Crippen molar-refractivity contribution in [1.29, 1.82) is 0 Å². The van der Waals surface area contributed by atoms with Crippen LogP contribution in [0.2, 0.25) is 0 Å². The number of aliphatic hydroxyl groups is 1. The van der Waals surface area contributed by atoms with E-state index in [2.05, 4.69) is 31.2 Å². The lowest BCUT2D eigenvalue weighted by molar-refractivity contribution is -0.144. The van der Waals surface area contributed by atoms with E-state index in [1.165, 1.54) is 35.0 Å². The molecule has 2 aliphatic heterocycles. The van der Waals surface area contributed by atoms with Crippen LogP contribution >= 0.6 is 22.7 Å². The predicted molar refractivity (Wildman–Crippen MR) is 285 cm³/mol. The summed E-state index contributed by atoms with van der Waals surface area (Å²) in [6.07, 6.45) is -1.25. The van der Waals surface area contributed by atoms with E-state index in [1.54, 1.807) is 31.1 Å². The van der Waals surface area contributed by atoms with E-state index in [-0.39, 0.29) is 63.4 Å². The number of carbonyl (C=O) groups excluding carboxylic acids is 6. The average Bonchev–Trinajstić information content (AvgIpc) is 4.18. The van der Waals surface area contributed by atoms with Crippen LogP contribution < -0.4 is 26.0 Å². The molecule has 2 saturated heterocycles. The van der Waals surface area contributed by atoms with Gasteiger partial charge in [-0.05, 0) is 65.1 Å². The van der Waals surface area contributed by atoms with Gasteiger partial charge in [0.05, 0.1) is 84.0 Å². The van der Waals surface area contributed by atoms with Crippen molar-refractivity contribution in [1.82, 2.24) is 41.0 Å². The maximum atomic E-state index is 14.5. The second kappa shape index (κ2) is 25.3. The summed E-state index contributed by atoms with van der Waals surface area (Å²) in [5.41, 5.74) is 7.88. The Kier molecular flexibility index (Phi) is 19.7. The number of thiazole rings is 2. The van der Waals surface area contributed by atoms with Gasteiger partial charge in [-0.3, -0.25) is 28.8 Å². The number of ether oxygens (including phenoxy) is 4. The zero-order chi connectivity index (χ0) is 54.9. The van der Waals surface area contributed by atoms with Gasteiger partial charge in [0, 0.05) is 59.0 Å². The lowest BCUT2D eigenvalue weighted by Gasteiger charge is -2.35. The third kappa shape index (κ3) is 14.8. The quantitative estimate of drug-likeness (QED) is 0.0653. The molecule has 0 radical (unpaired) electrons. The lowest BCUT2D eigenvalue weighted by Crippen LogP contribution is -2.57. The Bertz CT molecular complexity index is 2680. The van der Waals surface area contributed by atoms with Gasteiger partial charge in [0.2, 0.25) is 35.4 Å². The van der Waals surface area contributed by atoms with Gasteiger partial charge in [0.1, 0.15) is 29.9 Å². The number of nitrogens with one attached hydrogen (secondary N) is 4. The predicted octanol–water partition coefficient (Wildman–Crippen LogP) is 5.46. The first kappa shape index (κ1) is 58.4. The number of β-amino-alcohol motifs (C(OH)–C–C–N with tert-alkyl or cyclic N) is 1. The largest absolute Gasteiger partial charge is 0.496 e. The molecule has 75 heavy (non-hydrogen) atoms. The van der Waals surface area contributed by atoms with Crippen molar-refractivity contribution in [3.63, 3.8) is 0 Å². The molecule has 0 bridgehead atoms. The van der Waals surface area contributed by atoms with E-state index in [0.29, 0.717) is 24.7 Å². The molecule has 0 unspecified atom stereocenters. The molecule has 2 aromatic carbocycles. The van der Waals surface area contributed by atoms with Crippen molar-refractivity contribution in [2.24, 2.45) is 10.8 Å². The first-order valence-electron chi connectivity index (χ1n) is 25.1. The topological polar surface area (TPSA) is 240 Å². The van der Waals surface area contributed by atoms with Gasteiger partial charge in [-0.2, -0.15) is 0 Å². The van der Waals surface area contributed by atoms with Gasteiger partial charge < -0.3 is 55.1 Å². The SMILES string of the molecule is COCCOCc1cc(-c2scnc2C)ccc1CNC(=O)[C@@H]1C[C@@H](OCc2ncsc2-c2ccc([C@H](C)NC(=O)[C@@H]3C[C@@H](O)CN3C(=O)[C@@H](NC(C)=O)C(C)(C)C)cc2OC)CN1C(=O)[C@@H](NC(C)=O)C(C)(C)C. The molecule has 5 N–H and O–H groups in total. The molecular weight excluding hydrogens is 1000 g/mol. The van der Waals surface area contributed by atoms with E-state index in [1.807, 2.05) is 97.3 Å². The van der Waals surface area contributed by atoms with Gasteiger partial charge in [-0.15, -0.1) is 22.7 Å². The van der Waals surface area contributed by atoms with Crippen molar-refractivity contribution in [2.45, 2.75) is 144 Å². The molecular formula is C54H74N8O11S2. The highest BCUT2D eigenvalue weighted by Gasteiger charge is 2.46. The minimum Gasteiger partial charge on any atom is -0.496 e. The van der Waals surface area contributed by atoms with Crippen molar-refractivity contribution >= 4 is 58.1 Å². The summed E-state index contributed by atoms with van der Waals surface area (Å²) in [5.74, 6) is -1.88. The van der Waals surface area contributed by atoms with Crippen LogP contribution in [0, 0.1) is 17.8 Å². The van der Waals surface area contributed by atoms with Crippen molar-refractivity contribution in [2.75, 3.05) is 40.5 Å². The summed E-state index contributed by atoms with van der Waals surface area (Å²) in [7, 11) is 3.16. The van der Waals surface area contributed by atoms with E-state index >= 15 is 0 Å². The van der Waals surface area contributed by atoms with Crippen LogP contribution in [0.15, 0.2) is 47.4 Å². The number of methoxy groups -OCH3 is 2. The van der Waals surface area contributed by atoms with Gasteiger partial charge >= 0.3 is 0 Å². The van der Waals surface area contributed by atoms with Gasteiger partial charge in [0.25, 0.3) is 0 Å². The fourth-order valence-electron chi connectivity index (χ4n) is 9.37. The molecule has 4 aromatic rings. The van der Waals surface area contributed by atoms with E-state index in [9.17, 15) is 33.9 Å². The maximum Gasteiger partial charge on any atom is 0.246 e. The monoisotopic (exact) mass is 1070 g/mol. The second-order valence-electron chi connectivity index (χ2n) is 21.4. The third-order valence-corrected chi connectivity index (χ3v) is 15.3. The van der Waals surface area contributed by atoms with Crippen LogP contribution in [-0.4, -0.2) is 137 Å². The average molecular weight is 1080 g/mol. The Morgan fingerprint density at radius 3 is 1.99 bits per heavy atom. The zero-order valence-corrected chi connectivity index (χ0v) is 46.8. The number of hydrogen-bond donors (Lipinski definition) is 5. The number of aryl methyl sites for hydroxylation is 1. The number of aromatic nitrogens is 2. The number of rotatable bonds is 21. The minimum absolute atomic E-state index is 0.0388. The van der Waals surface area contributed by atoms with Crippen LogP contribution in [-0.2, 0) is 62.7 Å². The number of benzene rings is 2. The highest BCUT2D eigenvalue weighted by Crippen LogP contribution is 2.38. The van der Waals surface area contributed by atoms with Crippen molar-refractivity contribution in [3.05, 3.63) is 75.5 Å². The second-order valence-corrected chi connectivity index (χ2v) is 23.1. The maximum absolute atomic E-state index is 14.5. The summed E-state index contributed by atoms with van der Waals surface area (Å²) in [5, 5.41) is 22.3. The number of hydrogen-bond acceptors (Lipinski definition) is 15. The molecule has 0 aliphatic carbocycles. The van der Waals surface area contributed by atoms with Gasteiger partial charge in [-0.25, -0.2) is 9.97 Å². The van der Waals surface area contributed by atoms with Crippen LogP contribution in [0.4, 0.5) is 0 Å². The Labute approximate surface area is 447 Å². The molecule has 21 heteroatoms. The minimum atomic E-state index is -0.950. The van der Waals surface area contributed by atoms with Gasteiger partial charge in [-0.1, -0.05) is 59.7 Å². The normalized spacial score (nSPS) is 19.1. The molecule has 6 amide bonds. The first-order valence-corrected chi connectivity index (χ1v) is 26.9. The molecule has 408 valence electrons. The summed E-state index contributed by atoms with van der Waals surface area (Å²) in [6, 6.07) is 7.36. The Morgan fingerprint density at radius 1 is 0.760 bits per heavy atom. The lowest BCUT2D eigenvalue weighted by atomic mass is 9.85. The standard InChI is InChI=1S/C54H74N8O11S2/c1-30(58-50(67)42-21-38(65)24-61(42)51(68)47(53(5,6)7)59-32(3)63)34-15-16-40(44(20-34)71-12)46-41(57-29-75-46)27-73-39-22-43(62(25-39)52(69)48(54(8,9)10)60-33(4)64)49(66)55-23-36-14-13-35(45-31(2)56-28-74-45)19-37(36)26-72-18-17-70-11/h13-16,19-20,28-30,38-39,42-43,47-48,65H,17-18,21-27H2,1-12H3,(H,55,66)(H,58,67)(H,59,63)(H,60,64)/t30-,38+,39+,42-,43-,47+,48+/m0/s1. The molecule has 0 saturated carbocycles. The fraction of sp³-hybridized carbons (Fsp3) is 0.556. The van der Waals surface area contributed by atoms with E-state index < -0.39 is 71.0 Å². The molecule has 2 fully saturated rings. The van der Waals surface area contributed by atoms with Crippen LogP contribution in [0.3, 0.4) is 0 Å². The summed E-state index contributed by atoms with van der Waals surface area (Å²) >= 11 is 2.94. The highest BCUT2D eigenvalue weighted by molar-refractivity contribution is 7.13. The molecule has 0 spiro atoms. The fourth-order valence-corrected chi connectivity index (χ4v) is 11.0. The molecule has 19 nitrogen and oxygen atoms in total. The summed E-state index contributed by atoms with van der Waals surface area (Å²) in [6.45, 7) is 18.9. The Morgan fingerprint density at radius 2 is 1.39 bits per heavy atom. The number of carbonyl (C=O) groups is 6.